The molecule has 0 aromatic heterocycles. The highest BCUT2D eigenvalue weighted by Crippen LogP contribution is 2.40. The summed E-state index contributed by atoms with van der Waals surface area (Å²) < 4.78 is 13.5. The van der Waals surface area contributed by atoms with Gasteiger partial charge in [-0.15, -0.1) is 0 Å². The molecule has 1 atom stereocenters. The van der Waals surface area contributed by atoms with Gasteiger partial charge in [-0.25, -0.2) is 4.39 Å². The topological polar surface area (TPSA) is 40.6 Å². The van der Waals surface area contributed by atoms with Crippen LogP contribution in [0.3, 0.4) is 0 Å². The maximum absolute atomic E-state index is 13.5. The highest BCUT2D eigenvalue weighted by Gasteiger charge is 2.48. The van der Waals surface area contributed by atoms with Crippen molar-refractivity contribution >= 4 is 11.8 Å². The average Bonchev–Trinajstić information content (AvgIpc) is 3.11. The molecule has 2 saturated heterocycles. The van der Waals surface area contributed by atoms with E-state index < -0.39 is 5.41 Å². The van der Waals surface area contributed by atoms with Gasteiger partial charge in [-0.3, -0.25) is 9.59 Å². The average molecular weight is 366 g/mol. The van der Waals surface area contributed by atoms with Gasteiger partial charge >= 0.3 is 0 Å². The Bertz CT molecular complexity index is 897. The van der Waals surface area contributed by atoms with E-state index in [0.29, 0.717) is 18.7 Å². The van der Waals surface area contributed by atoms with E-state index in [9.17, 15) is 14.0 Å². The number of halogens is 1. The first kappa shape index (κ1) is 17.7. The van der Waals surface area contributed by atoms with Gasteiger partial charge < -0.3 is 9.80 Å². The highest BCUT2D eigenvalue weighted by atomic mass is 19.1. The lowest BCUT2D eigenvalue weighted by atomic mass is 9.78. The van der Waals surface area contributed by atoms with Crippen molar-refractivity contribution in [3.05, 3.63) is 59.9 Å². The first-order chi connectivity index (χ1) is 13.0. The number of carbonyl (C=O) groups excluding carboxylic acids is 2. The number of piperidine rings is 1. The molecular weight excluding hydrogens is 343 g/mol. The van der Waals surface area contributed by atoms with Crippen molar-refractivity contribution in [1.82, 2.24) is 9.80 Å². The van der Waals surface area contributed by atoms with Crippen LogP contribution in [0, 0.1) is 11.2 Å². The molecule has 0 bridgehead atoms. The monoisotopic (exact) mass is 366 g/mol. The number of hydrogen-bond acceptors (Lipinski definition) is 2. The van der Waals surface area contributed by atoms with E-state index in [1.807, 2.05) is 25.2 Å². The second-order valence-corrected chi connectivity index (χ2v) is 7.68. The van der Waals surface area contributed by atoms with Crippen molar-refractivity contribution in [2.45, 2.75) is 19.3 Å². The number of amides is 2. The molecule has 0 saturated carbocycles. The molecule has 5 heteroatoms. The minimum Gasteiger partial charge on any atom is -0.345 e. The van der Waals surface area contributed by atoms with Gasteiger partial charge in [0.05, 0.1) is 5.41 Å². The lowest BCUT2D eigenvalue weighted by Crippen LogP contribution is -2.48. The van der Waals surface area contributed by atoms with Crippen molar-refractivity contribution in [3.8, 4) is 11.1 Å². The minimum atomic E-state index is -0.414. The molecule has 2 fully saturated rings. The Kier molecular flexibility index (Phi) is 4.46. The third-order valence-corrected chi connectivity index (χ3v) is 5.86. The van der Waals surface area contributed by atoms with Crippen LogP contribution in [0.15, 0.2) is 48.5 Å². The predicted molar refractivity (Wildman–Crippen MR) is 102 cm³/mol. The highest BCUT2D eigenvalue weighted by molar-refractivity contribution is 5.96. The van der Waals surface area contributed by atoms with Crippen LogP contribution in [-0.2, 0) is 4.79 Å². The summed E-state index contributed by atoms with van der Waals surface area (Å²) in [4.78, 5) is 29.3. The SMILES string of the molecule is CN1CCC[C@@]2(CCN(C(=O)c3cccc(-c4cccc(F)c4)c3)C2)C1=O. The number of rotatable bonds is 2. The standard InChI is InChI=1S/C22H23FN2O2/c1-24-11-4-9-22(21(24)27)10-12-25(15-22)20(26)18-7-2-5-16(13-18)17-6-3-8-19(23)14-17/h2-3,5-8,13-14H,4,9-12,15H2,1H3/t22-/m0/s1. The maximum Gasteiger partial charge on any atom is 0.253 e. The van der Waals surface area contributed by atoms with Gasteiger partial charge in [0.2, 0.25) is 5.91 Å². The Labute approximate surface area is 158 Å². The molecule has 1 spiro atoms. The van der Waals surface area contributed by atoms with Crippen LogP contribution in [0.5, 0.6) is 0 Å². The summed E-state index contributed by atoms with van der Waals surface area (Å²) in [5.41, 5.74) is 1.71. The van der Waals surface area contributed by atoms with E-state index in [2.05, 4.69) is 0 Å². The number of hydrogen-bond donors (Lipinski definition) is 0. The molecular formula is C22H23FN2O2. The van der Waals surface area contributed by atoms with E-state index in [0.717, 1.165) is 36.9 Å². The molecule has 4 rings (SSSR count). The van der Waals surface area contributed by atoms with Gasteiger partial charge in [-0.05, 0) is 54.7 Å². The van der Waals surface area contributed by atoms with Crippen molar-refractivity contribution in [2.24, 2.45) is 5.41 Å². The molecule has 2 aliphatic heterocycles. The van der Waals surface area contributed by atoms with Gasteiger partial charge in [-0.1, -0.05) is 24.3 Å². The second-order valence-electron chi connectivity index (χ2n) is 7.68. The lowest BCUT2D eigenvalue weighted by Gasteiger charge is -2.37. The molecule has 27 heavy (non-hydrogen) atoms. The predicted octanol–water partition coefficient (Wildman–Crippen LogP) is 3.58. The summed E-state index contributed by atoms with van der Waals surface area (Å²) in [5, 5.41) is 0. The Morgan fingerprint density at radius 1 is 1.04 bits per heavy atom. The largest absolute Gasteiger partial charge is 0.345 e. The molecule has 0 N–H and O–H groups in total. The van der Waals surface area contributed by atoms with Crippen LogP contribution in [0.1, 0.15) is 29.6 Å². The molecule has 0 aliphatic carbocycles. The molecule has 0 radical (unpaired) electrons. The van der Waals surface area contributed by atoms with Crippen LogP contribution in [0.4, 0.5) is 4.39 Å². The van der Waals surface area contributed by atoms with E-state index in [-0.39, 0.29) is 17.6 Å². The van der Waals surface area contributed by atoms with E-state index in [4.69, 9.17) is 0 Å². The Morgan fingerprint density at radius 3 is 2.56 bits per heavy atom. The van der Waals surface area contributed by atoms with Gasteiger partial charge in [0.15, 0.2) is 0 Å². The molecule has 2 aliphatic rings. The van der Waals surface area contributed by atoms with Crippen LogP contribution in [-0.4, -0.2) is 48.3 Å². The fraction of sp³-hybridized carbons (Fsp3) is 0.364. The quantitative estimate of drug-likeness (QED) is 0.815. The number of nitrogens with zero attached hydrogens (tertiary/aromatic N) is 2. The zero-order chi connectivity index (χ0) is 19.0. The zero-order valence-corrected chi connectivity index (χ0v) is 15.5. The fourth-order valence-electron chi connectivity index (χ4n) is 4.37. The van der Waals surface area contributed by atoms with Crippen LogP contribution >= 0.6 is 0 Å². The van der Waals surface area contributed by atoms with Crippen molar-refractivity contribution in [2.75, 3.05) is 26.7 Å². The Balaban J connectivity index is 1.56. The molecule has 2 aromatic rings. The summed E-state index contributed by atoms with van der Waals surface area (Å²) >= 11 is 0. The van der Waals surface area contributed by atoms with Gasteiger partial charge in [0, 0.05) is 32.2 Å². The summed E-state index contributed by atoms with van der Waals surface area (Å²) in [7, 11) is 1.84. The molecule has 4 nitrogen and oxygen atoms in total. The smallest absolute Gasteiger partial charge is 0.253 e. The molecule has 2 heterocycles. The van der Waals surface area contributed by atoms with Crippen molar-refractivity contribution in [3.63, 3.8) is 0 Å². The zero-order valence-electron chi connectivity index (χ0n) is 15.5. The Morgan fingerprint density at radius 2 is 1.78 bits per heavy atom. The minimum absolute atomic E-state index is 0.0637. The third kappa shape index (κ3) is 3.22. The lowest BCUT2D eigenvalue weighted by molar-refractivity contribution is -0.143. The number of benzene rings is 2. The van der Waals surface area contributed by atoms with E-state index in [1.165, 1.54) is 12.1 Å². The van der Waals surface area contributed by atoms with Crippen molar-refractivity contribution < 1.29 is 14.0 Å². The summed E-state index contributed by atoms with van der Waals surface area (Å²) in [6, 6.07) is 13.6. The molecule has 2 amide bonds. The first-order valence-electron chi connectivity index (χ1n) is 9.39. The van der Waals surface area contributed by atoms with Crippen LogP contribution < -0.4 is 0 Å². The normalized spacial score (nSPS) is 22.5. The van der Waals surface area contributed by atoms with Gasteiger partial charge in [-0.2, -0.15) is 0 Å². The summed E-state index contributed by atoms with van der Waals surface area (Å²) in [5.74, 6) is -0.200. The second kappa shape index (κ2) is 6.80. The molecule has 0 unspecified atom stereocenters. The maximum atomic E-state index is 13.5. The Hall–Kier alpha value is -2.69. The summed E-state index contributed by atoms with van der Waals surface area (Å²) in [6.07, 6.45) is 2.56. The fourth-order valence-corrected chi connectivity index (χ4v) is 4.37. The van der Waals surface area contributed by atoms with Crippen LogP contribution in [0.25, 0.3) is 11.1 Å². The summed E-state index contributed by atoms with van der Waals surface area (Å²) in [6.45, 7) is 1.88. The third-order valence-electron chi connectivity index (χ3n) is 5.86. The van der Waals surface area contributed by atoms with Crippen molar-refractivity contribution in [1.29, 1.82) is 0 Å². The molecule has 2 aromatic carbocycles. The van der Waals surface area contributed by atoms with E-state index in [1.54, 1.807) is 28.0 Å². The molecule has 140 valence electrons. The first-order valence-corrected chi connectivity index (χ1v) is 9.39. The van der Waals surface area contributed by atoms with E-state index >= 15 is 0 Å². The van der Waals surface area contributed by atoms with Gasteiger partial charge in [0.1, 0.15) is 5.82 Å². The number of carbonyl (C=O) groups is 2. The number of likely N-dealkylation sites (tertiary alicyclic amines) is 2. The van der Waals surface area contributed by atoms with Crippen LogP contribution in [0.2, 0.25) is 0 Å². The van der Waals surface area contributed by atoms with Gasteiger partial charge in [0.25, 0.3) is 5.91 Å².